The highest BCUT2D eigenvalue weighted by atomic mass is 32.2. The van der Waals surface area contributed by atoms with Gasteiger partial charge in [-0.15, -0.1) is 0 Å². The normalized spacial score (nSPS) is 18.0. The summed E-state index contributed by atoms with van der Waals surface area (Å²) in [5.41, 5.74) is 0. The maximum absolute atomic E-state index is 12.4. The molecule has 0 aromatic carbocycles. The molecule has 1 aliphatic heterocycles. The number of hydrogen-bond acceptors (Lipinski definition) is 6. The van der Waals surface area contributed by atoms with Gasteiger partial charge in [-0.1, -0.05) is 0 Å². The fourth-order valence-electron chi connectivity index (χ4n) is 2.29. The van der Waals surface area contributed by atoms with Crippen molar-refractivity contribution in [3.8, 4) is 0 Å². The van der Waals surface area contributed by atoms with E-state index in [0.717, 1.165) is 0 Å². The molecule has 1 fully saturated rings. The Hall–Kier alpha value is -1.52. The van der Waals surface area contributed by atoms with Crippen LogP contribution in [-0.2, 0) is 26.3 Å². The zero-order valence-corrected chi connectivity index (χ0v) is 12.8. The Balaban J connectivity index is 1.96. The first-order chi connectivity index (χ1) is 9.95. The third-order valence-corrected chi connectivity index (χ3v) is 5.48. The third kappa shape index (κ3) is 3.57. The fraction of sp³-hybridized carbons (Fsp3) is 0.727. The van der Waals surface area contributed by atoms with Crippen LogP contribution in [0.2, 0.25) is 0 Å². The zero-order chi connectivity index (χ0) is 15.5. The molecule has 0 radical (unpaired) electrons. The SMILES string of the molecule is COC(=O)C1CCN(S(=O)(=O)N(C)Cc2ncn[nH]2)CC1. The van der Waals surface area contributed by atoms with Crippen LogP contribution >= 0.6 is 0 Å². The number of carbonyl (C=O) groups is 1. The Bertz CT molecular complexity index is 565. The highest BCUT2D eigenvalue weighted by Crippen LogP contribution is 2.22. The van der Waals surface area contributed by atoms with E-state index >= 15 is 0 Å². The maximum Gasteiger partial charge on any atom is 0.308 e. The van der Waals surface area contributed by atoms with Crippen molar-refractivity contribution in [1.82, 2.24) is 23.8 Å². The van der Waals surface area contributed by atoms with E-state index in [1.54, 1.807) is 0 Å². The van der Waals surface area contributed by atoms with E-state index in [-0.39, 0.29) is 18.4 Å². The van der Waals surface area contributed by atoms with Gasteiger partial charge in [0.2, 0.25) is 0 Å². The fourth-order valence-corrected chi connectivity index (χ4v) is 3.64. The van der Waals surface area contributed by atoms with Gasteiger partial charge in [0.05, 0.1) is 19.6 Å². The monoisotopic (exact) mass is 317 g/mol. The van der Waals surface area contributed by atoms with Gasteiger partial charge in [-0.25, -0.2) is 4.98 Å². The third-order valence-electron chi connectivity index (χ3n) is 3.55. The number of methoxy groups -OCH3 is 1. The number of esters is 1. The minimum absolute atomic E-state index is 0.124. The van der Waals surface area contributed by atoms with Gasteiger partial charge in [0.15, 0.2) is 0 Å². The summed E-state index contributed by atoms with van der Waals surface area (Å²) in [6, 6.07) is 0. The molecule has 1 aliphatic rings. The van der Waals surface area contributed by atoms with Crippen molar-refractivity contribution in [2.45, 2.75) is 19.4 Å². The first-order valence-electron chi connectivity index (χ1n) is 6.58. The molecule has 21 heavy (non-hydrogen) atoms. The minimum atomic E-state index is -3.57. The second-order valence-corrected chi connectivity index (χ2v) is 6.93. The van der Waals surface area contributed by atoms with E-state index in [9.17, 15) is 13.2 Å². The van der Waals surface area contributed by atoms with Crippen molar-refractivity contribution in [2.24, 2.45) is 5.92 Å². The quantitative estimate of drug-likeness (QED) is 0.724. The molecule has 0 amide bonds. The van der Waals surface area contributed by atoms with Crippen LogP contribution in [0.4, 0.5) is 0 Å². The summed E-state index contributed by atoms with van der Waals surface area (Å²) in [6.07, 6.45) is 2.28. The van der Waals surface area contributed by atoms with E-state index in [2.05, 4.69) is 15.2 Å². The van der Waals surface area contributed by atoms with Gasteiger partial charge in [-0.2, -0.15) is 22.1 Å². The summed E-state index contributed by atoms with van der Waals surface area (Å²) in [5, 5.41) is 6.31. The largest absolute Gasteiger partial charge is 0.469 e. The Morgan fingerprint density at radius 3 is 2.71 bits per heavy atom. The molecule has 0 aliphatic carbocycles. The molecular weight excluding hydrogens is 298 g/mol. The van der Waals surface area contributed by atoms with E-state index in [4.69, 9.17) is 4.74 Å². The molecule has 9 nitrogen and oxygen atoms in total. The van der Waals surface area contributed by atoms with Crippen LogP contribution in [0.5, 0.6) is 0 Å². The number of carbonyl (C=O) groups excluding carboxylic acids is 1. The molecular formula is C11H19N5O4S. The molecule has 1 aromatic rings. The van der Waals surface area contributed by atoms with E-state index < -0.39 is 10.2 Å². The Labute approximate surface area is 123 Å². The highest BCUT2D eigenvalue weighted by molar-refractivity contribution is 7.86. The Kier molecular flexibility index (Phi) is 4.91. The molecule has 2 heterocycles. The number of hydrogen-bond donors (Lipinski definition) is 1. The molecule has 1 aromatic heterocycles. The molecule has 0 spiro atoms. The van der Waals surface area contributed by atoms with Crippen molar-refractivity contribution >= 4 is 16.2 Å². The van der Waals surface area contributed by atoms with Crippen LogP contribution in [0.1, 0.15) is 18.7 Å². The number of piperidine rings is 1. The Morgan fingerprint density at radius 1 is 1.52 bits per heavy atom. The number of aromatic nitrogens is 3. The summed E-state index contributed by atoms with van der Waals surface area (Å²) in [4.78, 5) is 15.4. The highest BCUT2D eigenvalue weighted by Gasteiger charge is 2.33. The topological polar surface area (TPSA) is 108 Å². The number of nitrogens with one attached hydrogen (secondary N) is 1. The minimum Gasteiger partial charge on any atom is -0.469 e. The maximum atomic E-state index is 12.4. The second kappa shape index (κ2) is 6.50. The lowest BCUT2D eigenvalue weighted by Gasteiger charge is -2.32. The first kappa shape index (κ1) is 15.9. The summed E-state index contributed by atoms with van der Waals surface area (Å²) in [5.74, 6) is -0.0198. The van der Waals surface area contributed by atoms with Gasteiger partial charge < -0.3 is 4.74 Å². The molecule has 0 atom stereocenters. The predicted molar refractivity (Wildman–Crippen MR) is 73.1 cm³/mol. The van der Waals surface area contributed by atoms with E-state index in [0.29, 0.717) is 31.8 Å². The standard InChI is InChI=1S/C11H19N5O4S/c1-15(7-10-12-8-13-14-10)21(18,19)16-5-3-9(4-6-16)11(17)20-2/h8-9H,3-7H2,1-2H3,(H,12,13,14). The molecule has 1 N–H and O–H groups in total. The van der Waals surface area contributed by atoms with Crippen molar-refractivity contribution < 1.29 is 17.9 Å². The molecule has 1 saturated heterocycles. The smallest absolute Gasteiger partial charge is 0.308 e. The predicted octanol–water partition coefficient (Wildman–Crippen LogP) is -0.634. The van der Waals surface area contributed by atoms with Gasteiger partial charge >= 0.3 is 5.97 Å². The van der Waals surface area contributed by atoms with Crippen LogP contribution in [0, 0.1) is 5.92 Å². The van der Waals surface area contributed by atoms with E-state index in [1.165, 1.54) is 29.1 Å². The summed E-state index contributed by atoms with van der Waals surface area (Å²) in [7, 11) is -0.733. The second-order valence-electron chi connectivity index (χ2n) is 4.89. The van der Waals surface area contributed by atoms with Gasteiger partial charge in [0.1, 0.15) is 12.2 Å². The van der Waals surface area contributed by atoms with Crippen LogP contribution in [0.25, 0.3) is 0 Å². The molecule has 0 bridgehead atoms. The first-order valence-corrected chi connectivity index (χ1v) is 7.98. The number of ether oxygens (including phenoxy) is 1. The van der Waals surface area contributed by atoms with Crippen molar-refractivity contribution in [3.63, 3.8) is 0 Å². The van der Waals surface area contributed by atoms with Crippen LogP contribution < -0.4 is 0 Å². The van der Waals surface area contributed by atoms with Crippen molar-refractivity contribution in [1.29, 1.82) is 0 Å². The summed E-state index contributed by atoms with van der Waals surface area (Å²) >= 11 is 0. The van der Waals surface area contributed by atoms with Crippen molar-refractivity contribution in [3.05, 3.63) is 12.2 Å². The number of H-pyrrole nitrogens is 1. The molecule has 0 unspecified atom stereocenters. The lowest BCUT2D eigenvalue weighted by molar-refractivity contribution is -0.146. The summed E-state index contributed by atoms with van der Waals surface area (Å²) < 4.78 is 32.1. The zero-order valence-electron chi connectivity index (χ0n) is 12.0. The van der Waals surface area contributed by atoms with Crippen molar-refractivity contribution in [2.75, 3.05) is 27.2 Å². The summed E-state index contributed by atoms with van der Waals surface area (Å²) in [6.45, 7) is 0.741. The number of aromatic amines is 1. The number of rotatable bonds is 5. The van der Waals surface area contributed by atoms with Crippen LogP contribution in [0.3, 0.4) is 0 Å². The molecule has 2 rings (SSSR count). The lowest BCUT2D eigenvalue weighted by Crippen LogP contribution is -2.46. The van der Waals surface area contributed by atoms with E-state index in [1.807, 2.05) is 0 Å². The molecule has 118 valence electrons. The number of nitrogens with zero attached hydrogens (tertiary/aromatic N) is 4. The van der Waals surface area contributed by atoms with Gasteiger partial charge in [0.25, 0.3) is 10.2 Å². The van der Waals surface area contributed by atoms with Crippen LogP contribution in [0.15, 0.2) is 6.33 Å². The average molecular weight is 317 g/mol. The average Bonchev–Trinajstić information content (AvgIpc) is 2.99. The van der Waals surface area contributed by atoms with Gasteiger partial charge in [0, 0.05) is 20.1 Å². The molecule has 0 saturated carbocycles. The lowest BCUT2D eigenvalue weighted by atomic mass is 9.99. The van der Waals surface area contributed by atoms with Gasteiger partial charge in [-0.3, -0.25) is 9.89 Å². The Morgan fingerprint density at radius 2 is 2.19 bits per heavy atom. The van der Waals surface area contributed by atoms with Crippen LogP contribution in [-0.4, -0.2) is 65.4 Å². The molecule has 10 heteroatoms. The van der Waals surface area contributed by atoms with Gasteiger partial charge in [-0.05, 0) is 12.8 Å².